The molecule has 5 heteroatoms. The van der Waals surface area contributed by atoms with Crippen LogP contribution in [0.3, 0.4) is 0 Å². The molecule has 0 saturated carbocycles. The summed E-state index contributed by atoms with van der Waals surface area (Å²) in [4.78, 5) is 18.7. The van der Waals surface area contributed by atoms with E-state index in [2.05, 4.69) is 10.5 Å². The van der Waals surface area contributed by atoms with Crippen molar-refractivity contribution in [1.82, 2.24) is 5.32 Å². The number of nitrogens with zero attached hydrogens (tertiary/aromatic N) is 2. The Balaban J connectivity index is 1.64. The highest BCUT2D eigenvalue weighted by Crippen LogP contribution is 2.10. The second-order valence-corrected chi connectivity index (χ2v) is 5.58. The van der Waals surface area contributed by atoms with E-state index in [1.807, 2.05) is 73.6 Å². The minimum absolute atomic E-state index is 0.0823. The number of carbonyl (C=O) groups is 1. The molecule has 0 heterocycles. The molecule has 0 aliphatic rings. The number of carbonyl (C=O) groups excluding carboxylic acids is 1. The SMILES string of the molecule is CN(C)c1ccc(/C=N\OCC(=O)NCCc2ccccc2)cc1. The summed E-state index contributed by atoms with van der Waals surface area (Å²) >= 11 is 0. The van der Waals surface area contributed by atoms with Gasteiger partial charge < -0.3 is 15.1 Å². The summed E-state index contributed by atoms with van der Waals surface area (Å²) in [6.07, 6.45) is 2.39. The number of amides is 1. The van der Waals surface area contributed by atoms with Crippen LogP contribution in [0.4, 0.5) is 5.69 Å². The highest BCUT2D eigenvalue weighted by atomic mass is 16.6. The third-order valence-electron chi connectivity index (χ3n) is 3.46. The summed E-state index contributed by atoms with van der Waals surface area (Å²) in [6.45, 7) is 0.503. The molecule has 1 amide bonds. The average molecular weight is 325 g/mol. The predicted octanol–water partition coefficient (Wildman–Crippen LogP) is 2.46. The second-order valence-electron chi connectivity index (χ2n) is 5.58. The Morgan fingerprint density at radius 1 is 1.12 bits per heavy atom. The number of rotatable bonds is 8. The highest BCUT2D eigenvalue weighted by Gasteiger charge is 2.01. The molecule has 0 aliphatic carbocycles. The fraction of sp³-hybridized carbons (Fsp3) is 0.263. The number of anilines is 1. The van der Waals surface area contributed by atoms with Crippen molar-refractivity contribution in [1.29, 1.82) is 0 Å². The van der Waals surface area contributed by atoms with Gasteiger partial charge in [0.15, 0.2) is 6.61 Å². The van der Waals surface area contributed by atoms with Gasteiger partial charge >= 0.3 is 0 Å². The number of benzene rings is 2. The zero-order chi connectivity index (χ0) is 17.2. The molecular formula is C19H23N3O2. The van der Waals surface area contributed by atoms with Gasteiger partial charge in [-0.1, -0.05) is 47.6 Å². The van der Waals surface area contributed by atoms with Crippen LogP contribution in [0.1, 0.15) is 11.1 Å². The van der Waals surface area contributed by atoms with Crippen LogP contribution in [0.2, 0.25) is 0 Å². The highest BCUT2D eigenvalue weighted by molar-refractivity contribution is 5.80. The van der Waals surface area contributed by atoms with Crippen molar-refractivity contribution in [3.05, 3.63) is 65.7 Å². The van der Waals surface area contributed by atoms with E-state index in [4.69, 9.17) is 4.84 Å². The van der Waals surface area contributed by atoms with E-state index < -0.39 is 0 Å². The van der Waals surface area contributed by atoms with Gasteiger partial charge in [0.05, 0.1) is 6.21 Å². The first-order valence-electron chi connectivity index (χ1n) is 7.88. The first-order valence-corrected chi connectivity index (χ1v) is 7.88. The van der Waals surface area contributed by atoms with Crippen molar-refractivity contribution in [3.63, 3.8) is 0 Å². The first-order chi connectivity index (χ1) is 11.6. The second kappa shape index (κ2) is 9.35. The molecule has 0 unspecified atom stereocenters. The number of nitrogens with one attached hydrogen (secondary N) is 1. The van der Waals surface area contributed by atoms with Crippen LogP contribution >= 0.6 is 0 Å². The molecule has 2 rings (SSSR count). The molecule has 126 valence electrons. The Kier molecular flexibility index (Phi) is 6.83. The lowest BCUT2D eigenvalue weighted by molar-refractivity contribution is -0.125. The van der Waals surface area contributed by atoms with Gasteiger partial charge in [-0.2, -0.15) is 0 Å². The van der Waals surface area contributed by atoms with Gasteiger partial charge in [-0.05, 0) is 29.7 Å². The standard InChI is InChI=1S/C19H23N3O2/c1-22(2)18-10-8-17(9-11-18)14-21-24-15-19(23)20-13-12-16-6-4-3-5-7-16/h3-11,14H,12-13,15H2,1-2H3,(H,20,23)/b21-14-. The molecule has 24 heavy (non-hydrogen) atoms. The minimum Gasteiger partial charge on any atom is -0.386 e. The Morgan fingerprint density at radius 3 is 2.50 bits per heavy atom. The Bertz CT molecular complexity index is 652. The molecule has 0 radical (unpaired) electrons. The molecule has 2 aromatic rings. The van der Waals surface area contributed by atoms with Gasteiger partial charge in [-0.3, -0.25) is 4.79 Å². The Hall–Kier alpha value is -2.82. The van der Waals surface area contributed by atoms with E-state index in [1.165, 1.54) is 5.56 Å². The zero-order valence-electron chi connectivity index (χ0n) is 14.1. The van der Waals surface area contributed by atoms with E-state index in [0.29, 0.717) is 6.54 Å². The maximum absolute atomic E-state index is 11.6. The Labute approximate surface area is 142 Å². The fourth-order valence-electron chi connectivity index (χ4n) is 2.09. The Morgan fingerprint density at radius 2 is 1.83 bits per heavy atom. The molecule has 0 spiro atoms. The average Bonchev–Trinajstić information content (AvgIpc) is 2.60. The molecule has 2 aromatic carbocycles. The van der Waals surface area contributed by atoms with Crippen molar-refractivity contribution in [2.45, 2.75) is 6.42 Å². The smallest absolute Gasteiger partial charge is 0.260 e. The van der Waals surface area contributed by atoms with Crippen LogP contribution in [0.15, 0.2) is 59.8 Å². The lowest BCUT2D eigenvalue weighted by Crippen LogP contribution is -2.28. The van der Waals surface area contributed by atoms with E-state index >= 15 is 0 Å². The van der Waals surface area contributed by atoms with Crippen LogP contribution < -0.4 is 10.2 Å². The number of hydrogen-bond acceptors (Lipinski definition) is 4. The molecule has 0 aromatic heterocycles. The van der Waals surface area contributed by atoms with Crippen molar-refractivity contribution >= 4 is 17.8 Å². The third-order valence-corrected chi connectivity index (χ3v) is 3.46. The van der Waals surface area contributed by atoms with Gasteiger partial charge in [0.2, 0.25) is 0 Å². The summed E-state index contributed by atoms with van der Waals surface area (Å²) in [5, 5.41) is 6.63. The molecule has 5 nitrogen and oxygen atoms in total. The normalized spacial score (nSPS) is 10.6. The zero-order valence-corrected chi connectivity index (χ0v) is 14.1. The third kappa shape index (κ3) is 6.12. The summed E-state index contributed by atoms with van der Waals surface area (Å²) in [5.41, 5.74) is 3.23. The van der Waals surface area contributed by atoms with E-state index in [1.54, 1.807) is 6.21 Å². The topological polar surface area (TPSA) is 53.9 Å². The largest absolute Gasteiger partial charge is 0.386 e. The van der Waals surface area contributed by atoms with Crippen LogP contribution in [0, 0.1) is 0 Å². The van der Waals surface area contributed by atoms with Crippen LogP contribution in [-0.4, -0.2) is 39.4 Å². The van der Waals surface area contributed by atoms with Crippen molar-refractivity contribution in [2.24, 2.45) is 5.16 Å². The molecule has 0 bridgehead atoms. The summed E-state index contributed by atoms with van der Waals surface area (Å²) in [7, 11) is 3.98. The molecule has 0 saturated heterocycles. The summed E-state index contributed by atoms with van der Waals surface area (Å²) < 4.78 is 0. The van der Waals surface area contributed by atoms with Gasteiger partial charge in [0, 0.05) is 26.3 Å². The van der Waals surface area contributed by atoms with Crippen LogP contribution in [-0.2, 0) is 16.1 Å². The van der Waals surface area contributed by atoms with Crippen molar-refractivity contribution < 1.29 is 9.63 Å². The first kappa shape index (κ1) is 17.5. The summed E-state index contributed by atoms with van der Waals surface area (Å²) in [5.74, 6) is -0.175. The fourth-order valence-corrected chi connectivity index (χ4v) is 2.09. The number of hydrogen-bond donors (Lipinski definition) is 1. The lowest BCUT2D eigenvalue weighted by atomic mass is 10.1. The molecule has 1 N–H and O–H groups in total. The minimum atomic E-state index is -0.175. The molecule has 0 aliphatic heterocycles. The quantitative estimate of drug-likeness (QED) is 0.599. The predicted molar refractivity (Wildman–Crippen MR) is 97.5 cm³/mol. The molecule has 0 fully saturated rings. The monoisotopic (exact) mass is 325 g/mol. The van der Waals surface area contributed by atoms with Gasteiger partial charge in [0.1, 0.15) is 0 Å². The molecule has 0 atom stereocenters. The van der Waals surface area contributed by atoms with Gasteiger partial charge in [0.25, 0.3) is 5.91 Å². The lowest BCUT2D eigenvalue weighted by Gasteiger charge is -2.11. The number of oxime groups is 1. The van der Waals surface area contributed by atoms with Gasteiger partial charge in [-0.25, -0.2) is 0 Å². The van der Waals surface area contributed by atoms with E-state index in [0.717, 1.165) is 17.7 Å². The van der Waals surface area contributed by atoms with E-state index in [9.17, 15) is 4.79 Å². The molecular weight excluding hydrogens is 302 g/mol. The van der Waals surface area contributed by atoms with Gasteiger partial charge in [-0.15, -0.1) is 0 Å². The van der Waals surface area contributed by atoms with Crippen molar-refractivity contribution in [3.8, 4) is 0 Å². The maximum Gasteiger partial charge on any atom is 0.260 e. The summed E-state index contributed by atoms with van der Waals surface area (Å²) in [6, 6.07) is 17.9. The van der Waals surface area contributed by atoms with E-state index in [-0.39, 0.29) is 12.5 Å². The maximum atomic E-state index is 11.6. The van der Waals surface area contributed by atoms with Crippen molar-refractivity contribution in [2.75, 3.05) is 32.1 Å². The van der Waals surface area contributed by atoms with Crippen LogP contribution in [0.25, 0.3) is 0 Å². The van der Waals surface area contributed by atoms with Crippen LogP contribution in [0.5, 0.6) is 0 Å².